The monoisotopic (exact) mass is 1090 g/mol. The zero-order valence-corrected chi connectivity index (χ0v) is 45.2. The Hall–Kier alpha value is -6.10. The van der Waals surface area contributed by atoms with Gasteiger partial charge in [0.05, 0.1) is 35.4 Å². The highest BCUT2D eigenvalue weighted by Gasteiger charge is 2.16. The maximum atomic E-state index is 9.94. The summed E-state index contributed by atoms with van der Waals surface area (Å²) in [7, 11) is 0. The lowest BCUT2D eigenvalue weighted by Crippen LogP contribution is -2.08. The SMILES string of the molecule is CCCc1c(OCCCOc2cc(O)c(Br)cc2CC)cccc1Oc1ccccc1C.CCCc1c(OCCCOc2cc(OCc3ccccc3)c(Br)cc2CC)cccc1Oc1ccccc1C. The molecule has 0 saturated heterocycles. The van der Waals surface area contributed by atoms with Gasteiger partial charge in [0.1, 0.15) is 64.1 Å². The summed E-state index contributed by atoms with van der Waals surface area (Å²) in [4.78, 5) is 0. The minimum atomic E-state index is 0.183. The number of hydrogen-bond acceptors (Lipinski definition) is 8. The minimum Gasteiger partial charge on any atom is -0.507 e. The van der Waals surface area contributed by atoms with Crippen LogP contribution in [0.3, 0.4) is 0 Å². The number of ether oxygens (including phenoxy) is 7. The molecule has 0 heterocycles. The van der Waals surface area contributed by atoms with Crippen molar-refractivity contribution in [2.75, 3.05) is 26.4 Å². The number of halogens is 2. The van der Waals surface area contributed by atoms with Gasteiger partial charge in [-0.3, -0.25) is 0 Å². The fraction of sp³-hybridized carbons (Fsp3) is 0.311. The smallest absolute Gasteiger partial charge is 0.137 e. The standard InChI is InChI=1S/C34H37BrO4.C27H31BrO4/c1-4-13-28-31(18-11-19-32(28)39-30-17-10-9-14-25(30)3)36-20-12-21-37-33-23-34(29(35)22-27(33)5-2)38-24-26-15-7-6-8-16-26;1-4-10-21-25(13-8-14-26(21)32-24-12-7-6-11-19(24)3)30-15-9-16-31-27-18-23(29)22(28)17-20(27)5-2/h6-11,14-19,22-23H,4-5,12-13,20-21,24H2,1-3H3;6-8,11-14,17-18,29H,4-5,9-10,15-16H2,1-3H3. The van der Waals surface area contributed by atoms with Gasteiger partial charge in [0.15, 0.2) is 0 Å². The molecule has 1 N–H and O–H groups in total. The van der Waals surface area contributed by atoms with Crippen molar-refractivity contribution < 1.29 is 38.3 Å². The third-order valence-corrected chi connectivity index (χ3v) is 12.9. The average molecular weight is 1090 g/mol. The summed E-state index contributed by atoms with van der Waals surface area (Å²) in [5.41, 5.74) is 7.72. The molecule has 0 aliphatic rings. The number of aryl methyl sites for hydroxylation is 4. The van der Waals surface area contributed by atoms with Gasteiger partial charge in [0, 0.05) is 36.1 Å². The van der Waals surface area contributed by atoms with Crippen molar-refractivity contribution in [3.63, 3.8) is 0 Å². The molecule has 374 valence electrons. The summed E-state index contributed by atoms with van der Waals surface area (Å²) in [6.45, 7) is 15.3. The highest BCUT2D eigenvalue weighted by Crippen LogP contribution is 2.38. The van der Waals surface area contributed by atoms with Crippen molar-refractivity contribution in [1.82, 2.24) is 0 Å². The Bertz CT molecular complexity index is 2740. The molecule has 0 spiro atoms. The fourth-order valence-electron chi connectivity index (χ4n) is 7.80. The normalized spacial score (nSPS) is 10.8. The van der Waals surface area contributed by atoms with E-state index in [0.29, 0.717) is 43.3 Å². The van der Waals surface area contributed by atoms with Crippen molar-refractivity contribution >= 4 is 31.9 Å². The molecular weight excluding hydrogens is 1020 g/mol. The van der Waals surface area contributed by atoms with Crippen LogP contribution in [0.2, 0.25) is 0 Å². The molecule has 7 aromatic rings. The largest absolute Gasteiger partial charge is 0.507 e. The predicted molar refractivity (Wildman–Crippen MR) is 294 cm³/mol. The fourth-order valence-corrected chi connectivity index (χ4v) is 8.69. The molecule has 0 bridgehead atoms. The van der Waals surface area contributed by atoms with Crippen LogP contribution in [0.15, 0.2) is 148 Å². The summed E-state index contributed by atoms with van der Waals surface area (Å²) < 4.78 is 44.7. The molecule has 0 radical (unpaired) electrons. The lowest BCUT2D eigenvalue weighted by Gasteiger charge is -2.17. The third-order valence-electron chi connectivity index (χ3n) is 11.7. The molecule has 0 amide bonds. The van der Waals surface area contributed by atoms with Crippen LogP contribution in [0.25, 0.3) is 0 Å². The van der Waals surface area contributed by atoms with Crippen LogP contribution in [-0.4, -0.2) is 31.5 Å². The first kappa shape index (κ1) is 54.2. The van der Waals surface area contributed by atoms with Crippen molar-refractivity contribution in [3.05, 3.63) is 187 Å². The zero-order chi connectivity index (χ0) is 50.4. The molecule has 0 aliphatic carbocycles. The number of hydrogen-bond donors (Lipinski definition) is 1. The van der Waals surface area contributed by atoms with Crippen molar-refractivity contribution in [2.24, 2.45) is 0 Å². The molecule has 7 rings (SSSR count). The van der Waals surface area contributed by atoms with Crippen LogP contribution in [0.1, 0.15) is 92.3 Å². The Morgan fingerprint density at radius 1 is 0.408 bits per heavy atom. The lowest BCUT2D eigenvalue weighted by molar-refractivity contribution is 0.242. The minimum absolute atomic E-state index is 0.183. The molecule has 0 aliphatic heterocycles. The van der Waals surface area contributed by atoms with E-state index >= 15 is 0 Å². The average Bonchev–Trinajstić information content (AvgIpc) is 3.38. The van der Waals surface area contributed by atoms with Gasteiger partial charge in [-0.1, -0.05) is 119 Å². The van der Waals surface area contributed by atoms with Crippen LogP contribution in [0, 0.1) is 13.8 Å². The number of phenolic OH excluding ortho intramolecular Hbond substituents is 1. The van der Waals surface area contributed by atoms with E-state index in [1.165, 1.54) is 0 Å². The van der Waals surface area contributed by atoms with Gasteiger partial charge >= 0.3 is 0 Å². The number of rotatable bonds is 25. The second-order valence-corrected chi connectivity index (χ2v) is 18.8. The Labute approximate surface area is 438 Å². The summed E-state index contributed by atoms with van der Waals surface area (Å²) in [6.07, 6.45) is 6.97. The molecule has 0 fully saturated rings. The Morgan fingerprint density at radius 3 is 1.31 bits per heavy atom. The van der Waals surface area contributed by atoms with Crippen molar-refractivity contribution in [3.8, 4) is 57.5 Å². The Kier molecular flexibility index (Phi) is 21.9. The van der Waals surface area contributed by atoms with Crippen LogP contribution < -0.4 is 33.2 Å². The van der Waals surface area contributed by atoms with E-state index < -0.39 is 0 Å². The predicted octanol–water partition coefficient (Wildman–Crippen LogP) is 17.1. The van der Waals surface area contributed by atoms with E-state index in [1.807, 2.05) is 116 Å². The summed E-state index contributed by atoms with van der Waals surface area (Å²) in [6, 6.07) is 45.9. The maximum Gasteiger partial charge on any atom is 0.137 e. The molecule has 8 nitrogen and oxygen atoms in total. The molecule has 7 aromatic carbocycles. The molecular formula is C61H68Br2O8. The highest BCUT2D eigenvalue weighted by atomic mass is 79.9. The summed E-state index contributed by atoms with van der Waals surface area (Å²) in [5.74, 6) is 7.68. The first-order chi connectivity index (χ1) is 34.6. The second-order valence-electron chi connectivity index (χ2n) is 17.1. The molecule has 10 heteroatoms. The topological polar surface area (TPSA) is 84.8 Å². The van der Waals surface area contributed by atoms with E-state index in [9.17, 15) is 5.11 Å². The van der Waals surface area contributed by atoms with E-state index in [0.717, 1.165) is 141 Å². The van der Waals surface area contributed by atoms with Gasteiger partial charge in [0.25, 0.3) is 0 Å². The molecule has 0 saturated carbocycles. The highest BCUT2D eigenvalue weighted by molar-refractivity contribution is 9.11. The summed E-state index contributed by atoms with van der Waals surface area (Å²) >= 11 is 7.01. The number of para-hydroxylation sites is 2. The van der Waals surface area contributed by atoms with Crippen LogP contribution in [0.4, 0.5) is 0 Å². The second kappa shape index (κ2) is 28.7. The van der Waals surface area contributed by atoms with Gasteiger partial charge < -0.3 is 38.3 Å². The van der Waals surface area contributed by atoms with Crippen LogP contribution >= 0.6 is 31.9 Å². The third kappa shape index (κ3) is 16.2. The van der Waals surface area contributed by atoms with Crippen LogP contribution in [0.5, 0.6) is 57.5 Å². The number of aromatic hydroxyl groups is 1. The van der Waals surface area contributed by atoms with E-state index in [-0.39, 0.29) is 5.75 Å². The van der Waals surface area contributed by atoms with Gasteiger partial charge in [-0.05, 0) is 148 Å². The Morgan fingerprint density at radius 2 is 0.831 bits per heavy atom. The van der Waals surface area contributed by atoms with Gasteiger partial charge in [-0.25, -0.2) is 0 Å². The number of benzene rings is 7. The number of phenols is 1. The first-order valence-corrected chi connectivity index (χ1v) is 26.4. The maximum absolute atomic E-state index is 9.94. The van der Waals surface area contributed by atoms with E-state index in [4.69, 9.17) is 33.2 Å². The quantitative estimate of drug-likeness (QED) is 0.0567. The molecule has 0 atom stereocenters. The van der Waals surface area contributed by atoms with Crippen molar-refractivity contribution in [1.29, 1.82) is 0 Å². The van der Waals surface area contributed by atoms with Gasteiger partial charge in [-0.15, -0.1) is 0 Å². The van der Waals surface area contributed by atoms with Gasteiger partial charge in [-0.2, -0.15) is 0 Å². The van der Waals surface area contributed by atoms with Crippen molar-refractivity contribution in [2.45, 2.75) is 99.5 Å². The molecule has 0 unspecified atom stereocenters. The van der Waals surface area contributed by atoms with E-state index in [1.54, 1.807) is 6.07 Å². The molecule has 0 aromatic heterocycles. The molecule has 71 heavy (non-hydrogen) atoms. The van der Waals surface area contributed by atoms with Crippen LogP contribution in [-0.2, 0) is 32.3 Å². The van der Waals surface area contributed by atoms with Gasteiger partial charge in [0.2, 0.25) is 0 Å². The summed E-state index contributed by atoms with van der Waals surface area (Å²) in [5, 5.41) is 9.94. The lowest BCUT2D eigenvalue weighted by atomic mass is 10.1. The zero-order valence-electron chi connectivity index (χ0n) is 42.0. The van der Waals surface area contributed by atoms with E-state index in [2.05, 4.69) is 90.7 Å². The Balaban J connectivity index is 0.000000237. The first-order valence-electron chi connectivity index (χ1n) is 24.8.